The van der Waals surface area contributed by atoms with E-state index in [1.54, 1.807) is 29.0 Å². The minimum atomic E-state index is -0.393. The topological polar surface area (TPSA) is 85.3 Å². The molecule has 7 nitrogen and oxygen atoms in total. The highest BCUT2D eigenvalue weighted by atomic mass is 19.1. The van der Waals surface area contributed by atoms with Crippen molar-refractivity contribution in [2.45, 2.75) is 45.6 Å². The molecule has 1 aromatic carbocycles. The summed E-state index contributed by atoms with van der Waals surface area (Å²) in [4.78, 5) is 21.9. The number of hydrogen-bond donors (Lipinski definition) is 1. The molecule has 0 saturated carbocycles. The number of fused-ring (bicyclic) bond motifs is 2. The predicted molar refractivity (Wildman–Crippen MR) is 112 cm³/mol. The molecule has 5 rings (SSSR count). The fourth-order valence-electron chi connectivity index (χ4n) is 4.11. The number of nitrogens with zero attached hydrogens (tertiary/aromatic N) is 4. The molecule has 0 unspecified atom stereocenters. The van der Waals surface area contributed by atoms with Crippen molar-refractivity contribution in [2.24, 2.45) is 0 Å². The van der Waals surface area contributed by atoms with Crippen LogP contribution in [0.25, 0.3) is 16.9 Å². The molecular weight excluding hydrogens is 397 g/mol. The predicted octanol–water partition coefficient (Wildman–Crippen LogP) is 4.20. The Balaban J connectivity index is 1.39. The quantitative estimate of drug-likeness (QED) is 0.536. The summed E-state index contributed by atoms with van der Waals surface area (Å²) in [5.74, 6) is 1.62. The van der Waals surface area contributed by atoms with E-state index in [0.29, 0.717) is 28.5 Å². The standard InChI is InChI=1S/C23H22FN5O2/c1-13(26-23(30)21-14(2)31-19-6-4-3-5-17(19)21)22-27-20-11-18(25-12-29(20)28-22)15-7-9-16(24)10-8-15/h7-13H,3-6H2,1-2H3,(H,26,30)/t13-/m0/s1. The van der Waals surface area contributed by atoms with Crippen LogP contribution in [0, 0.1) is 12.7 Å². The van der Waals surface area contributed by atoms with Gasteiger partial charge in [0.1, 0.15) is 23.7 Å². The van der Waals surface area contributed by atoms with Crippen LogP contribution in [0.4, 0.5) is 4.39 Å². The lowest BCUT2D eigenvalue weighted by atomic mass is 9.94. The molecule has 1 N–H and O–H groups in total. The number of furan rings is 1. The lowest BCUT2D eigenvalue weighted by molar-refractivity contribution is 0.0936. The second-order valence-electron chi connectivity index (χ2n) is 7.89. The molecule has 0 aliphatic heterocycles. The fraction of sp³-hybridized carbons (Fsp3) is 0.304. The van der Waals surface area contributed by atoms with E-state index in [-0.39, 0.29) is 11.7 Å². The summed E-state index contributed by atoms with van der Waals surface area (Å²) >= 11 is 0. The Morgan fingerprint density at radius 1 is 1.23 bits per heavy atom. The molecule has 158 valence electrons. The highest BCUT2D eigenvalue weighted by Crippen LogP contribution is 2.30. The van der Waals surface area contributed by atoms with E-state index in [1.165, 1.54) is 12.1 Å². The fourth-order valence-corrected chi connectivity index (χ4v) is 4.11. The zero-order valence-electron chi connectivity index (χ0n) is 17.4. The average Bonchev–Trinajstić information content (AvgIpc) is 3.33. The van der Waals surface area contributed by atoms with Gasteiger partial charge in [-0.1, -0.05) is 0 Å². The van der Waals surface area contributed by atoms with Gasteiger partial charge in [-0.15, -0.1) is 5.10 Å². The lowest BCUT2D eigenvalue weighted by Gasteiger charge is -2.13. The number of hydrogen-bond acceptors (Lipinski definition) is 5. The van der Waals surface area contributed by atoms with Gasteiger partial charge in [0.15, 0.2) is 11.5 Å². The molecule has 3 heterocycles. The molecule has 1 atom stereocenters. The van der Waals surface area contributed by atoms with Crippen LogP contribution in [0.3, 0.4) is 0 Å². The molecule has 0 radical (unpaired) electrons. The normalized spacial score (nSPS) is 14.4. The van der Waals surface area contributed by atoms with Crippen LogP contribution in [0.15, 0.2) is 41.1 Å². The van der Waals surface area contributed by atoms with Crippen molar-refractivity contribution in [1.82, 2.24) is 24.9 Å². The van der Waals surface area contributed by atoms with Crippen LogP contribution < -0.4 is 5.32 Å². The molecule has 1 aliphatic carbocycles. The summed E-state index contributed by atoms with van der Waals surface area (Å²) in [6, 6.07) is 7.52. The monoisotopic (exact) mass is 419 g/mol. The van der Waals surface area contributed by atoms with Crippen LogP contribution in [0.5, 0.6) is 0 Å². The van der Waals surface area contributed by atoms with Crippen molar-refractivity contribution in [3.63, 3.8) is 0 Å². The zero-order valence-corrected chi connectivity index (χ0v) is 17.4. The van der Waals surface area contributed by atoms with Crippen LogP contribution in [-0.2, 0) is 12.8 Å². The van der Waals surface area contributed by atoms with Gasteiger partial charge in [0, 0.05) is 23.6 Å². The first kappa shape index (κ1) is 19.4. The third-order valence-electron chi connectivity index (χ3n) is 5.70. The van der Waals surface area contributed by atoms with Crippen LogP contribution in [-0.4, -0.2) is 25.5 Å². The lowest BCUT2D eigenvalue weighted by Crippen LogP contribution is -2.28. The minimum Gasteiger partial charge on any atom is -0.465 e. The number of aromatic nitrogens is 4. The Morgan fingerprint density at radius 3 is 2.81 bits per heavy atom. The maximum atomic E-state index is 13.2. The zero-order chi connectivity index (χ0) is 21.5. The Kier molecular flexibility index (Phi) is 4.77. The van der Waals surface area contributed by atoms with E-state index in [0.717, 1.165) is 42.6 Å². The largest absolute Gasteiger partial charge is 0.465 e. The number of carbonyl (C=O) groups excluding carboxylic acids is 1. The van der Waals surface area contributed by atoms with Gasteiger partial charge in [0.05, 0.1) is 17.3 Å². The number of amides is 1. The summed E-state index contributed by atoms with van der Waals surface area (Å²) in [7, 11) is 0. The van der Waals surface area contributed by atoms with Gasteiger partial charge >= 0.3 is 0 Å². The molecule has 3 aromatic heterocycles. The van der Waals surface area contributed by atoms with Crippen molar-refractivity contribution >= 4 is 11.6 Å². The highest BCUT2D eigenvalue weighted by molar-refractivity contribution is 5.97. The molecule has 8 heteroatoms. The van der Waals surface area contributed by atoms with Crippen molar-refractivity contribution < 1.29 is 13.6 Å². The number of rotatable bonds is 4. The third-order valence-corrected chi connectivity index (χ3v) is 5.70. The van der Waals surface area contributed by atoms with E-state index in [9.17, 15) is 9.18 Å². The molecule has 31 heavy (non-hydrogen) atoms. The SMILES string of the molecule is Cc1oc2c(c1C(=O)N[C@@H](C)c1nc3cc(-c4ccc(F)cc4)ncn3n1)CCCC2. The molecule has 1 aliphatic rings. The van der Waals surface area contributed by atoms with Crippen LogP contribution in [0.2, 0.25) is 0 Å². The van der Waals surface area contributed by atoms with Crippen molar-refractivity contribution in [3.05, 3.63) is 70.9 Å². The molecular formula is C23H22FN5O2. The van der Waals surface area contributed by atoms with Crippen LogP contribution >= 0.6 is 0 Å². The average molecular weight is 419 g/mol. The molecule has 0 bridgehead atoms. The Morgan fingerprint density at radius 2 is 2.00 bits per heavy atom. The second kappa shape index (κ2) is 7.61. The Bertz CT molecular complexity index is 1280. The maximum absolute atomic E-state index is 13.2. The van der Waals surface area contributed by atoms with Gasteiger partial charge in [0.2, 0.25) is 0 Å². The number of aryl methyl sites for hydroxylation is 2. The highest BCUT2D eigenvalue weighted by Gasteiger charge is 2.26. The maximum Gasteiger partial charge on any atom is 0.255 e. The number of benzene rings is 1. The summed E-state index contributed by atoms with van der Waals surface area (Å²) in [5.41, 5.74) is 3.73. The number of halogens is 1. The minimum absolute atomic E-state index is 0.166. The number of nitrogens with one attached hydrogen (secondary N) is 1. The molecule has 0 fully saturated rings. The molecule has 0 spiro atoms. The van der Waals surface area contributed by atoms with Gasteiger partial charge in [-0.25, -0.2) is 18.9 Å². The smallest absolute Gasteiger partial charge is 0.255 e. The van der Waals surface area contributed by atoms with Gasteiger partial charge < -0.3 is 9.73 Å². The summed E-state index contributed by atoms with van der Waals surface area (Å²) in [6.45, 7) is 3.69. The van der Waals surface area contributed by atoms with Gasteiger partial charge in [-0.3, -0.25) is 4.79 Å². The Hall–Kier alpha value is -3.55. The first-order valence-corrected chi connectivity index (χ1v) is 10.4. The summed E-state index contributed by atoms with van der Waals surface area (Å²) in [6.07, 6.45) is 5.48. The van der Waals surface area contributed by atoms with Gasteiger partial charge in [-0.2, -0.15) is 0 Å². The van der Waals surface area contributed by atoms with E-state index in [1.807, 2.05) is 13.8 Å². The third kappa shape index (κ3) is 3.58. The second-order valence-corrected chi connectivity index (χ2v) is 7.89. The van der Waals surface area contributed by atoms with Crippen molar-refractivity contribution in [3.8, 4) is 11.3 Å². The van der Waals surface area contributed by atoms with E-state index in [4.69, 9.17) is 4.42 Å². The van der Waals surface area contributed by atoms with Crippen molar-refractivity contribution in [2.75, 3.05) is 0 Å². The van der Waals surface area contributed by atoms with E-state index >= 15 is 0 Å². The first-order chi connectivity index (χ1) is 15.0. The van der Waals surface area contributed by atoms with E-state index in [2.05, 4.69) is 20.4 Å². The van der Waals surface area contributed by atoms with Gasteiger partial charge in [-0.05, 0) is 57.4 Å². The van der Waals surface area contributed by atoms with Crippen molar-refractivity contribution in [1.29, 1.82) is 0 Å². The first-order valence-electron chi connectivity index (χ1n) is 10.4. The number of carbonyl (C=O) groups is 1. The molecule has 1 amide bonds. The van der Waals surface area contributed by atoms with Gasteiger partial charge in [0.25, 0.3) is 5.91 Å². The molecule has 4 aromatic rings. The van der Waals surface area contributed by atoms with Crippen LogP contribution in [0.1, 0.15) is 59.1 Å². The summed E-state index contributed by atoms with van der Waals surface area (Å²) < 4.78 is 20.6. The summed E-state index contributed by atoms with van der Waals surface area (Å²) in [5, 5.41) is 7.45. The van der Waals surface area contributed by atoms with E-state index < -0.39 is 6.04 Å². The Labute approximate surface area is 178 Å². The molecule has 0 saturated heterocycles.